The van der Waals surface area contributed by atoms with Gasteiger partial charge in [0.05, 0.1) is 7.11 Å². The molecule has 0 N–H and O–H groups in total. The summed E-state index contributed by atoms with van der Waals surface area (Å²) < 4.78 is 5.11. The van der Waals surface area contributed by atoms with Crippen LogP contribution in [0.2, 0.25) is 0 Å². The van der Waals surface area contributed by atoms with Gasteiger partial charge in [-0.05, 0) is 35.2 Å². The van der Waals surface area contributed by atoms with Gasteiger partial charge in [-0.1, -0.05) is 44.2 Å². The van der Waals surface area contributed by atoms with Gasteiger partial charge in [0.15, 0.2) is 5.78 Å². The third kappa shape index (κ3) is 3.27. The van der Waals surface area contributed by atoms with E-state index in [4.69, 9.17) is 4.74 Å². The van der Waals surface area contributed by atoms with Crippen LogP contribution >= 0.6 is 0 Å². The van der Waals surface area contributed by atoms with Gasteiger partial charge in [-0.25, -0.2) is 0 Å². The number of benzene rings is 2. The van der Waals surface area contributed by atoms with Crippen LogP contribution in [0.3, 0.4) is 0 Å². The van der Waals surface area contributed by atoms with Crippen molar-refractivity contribution < 1.29 is 9.53 Å². The molecule has 2 aromatic rings. The number of ether oxygens (including phenoxy) is 1. The summed E-state index contributed by atoms with van der Waals surface area (Å²) in [5, 5.41) is 0. The number of carbonyl (C=O) groups is 1. The summed E-state index contributed by atoms with van der Waals surface area (Å²) in [6, 6.07) is 17.4. The first-order valence-electron chi connectivity index (χ1n) is 6.76. The molecule has 0 aliphatic rings. The fourth-order valence-electron chi connectivity index (χ4n) is 2.27. The maximum Gasteiger partial charge on any atom is 0.163 e. The van der Waals surface area contributed by atoms with Crippen molar-refractivity contribution in [3.05, 3.63) is 65.7 Å². The number of Topliss-reactive ketones (excluding diaryl/α,β-unsaturated/α-hetero) is 1. The van der Waals surface area contributed by atoms with E-state index >= 15 is 0 Å². The summed E-state index contributed by atoms with van der Waals surface area (Å²) in [4.78, 5) is 12.4. The third-order valence-electron chi connectivity index (χ3n) is 3.57. The zero-order chi connectivity index (χ0) is 14.6. The van der Waals surface area contributed by atoms with E-state index < -0.39 is 0 Å². The first-order chi connectivity index (χ1) is 9.53. The van der Waals surface area contributed by atoms with Crippen LogP contribution in [0, 0.1) is 0 Å². The smallest absolute Gasteiger partial charge is 0.163 e. The van der Waals surface area contributed by atoms with Crippen molar-refractivity contribution in [3.63, 3.8) is 0 Å². The third-order valence-corrected chi connectivity index (χ3v) is 3.57. The minimum absolute atomic E-state index is 0.154. The van der Waals surface area contributed by atoms with Crippen LogP contribution in [-0.4, -0.2) is 12.9 Å². The highest BCUT2D eigenvalue weighted by Crippen LogP contribution is 2.28. The van der Waals surface area contributed by atoms with E-state index in [-0.39, 0.29) is 11.2 Å². The second-order valence-electron chi connectivity index (χ2n) is 5.58. The highest BCUT2D eigenvalue weighted by molar-refractivity contribution is 5.97. The molecule has 0 heterocycles. The van der Waals surface area contributed by atoms with E-state index in [1.165, 1.54) is 5.56 Å². The molecule has 0 fully saturated rings. The van der Waals surface area contributed by atoms with Crippen LogP contribution in [0.1, 0.15) is 36.2 Å². The molecule has 0 aliphatic heterocycles. The van der Waals surface area contributed by atoms with Crippen molar-refractivity contribution >= 4 is 5.78 Å². The molecule has 0 saturated carbocycles. The summed E-state index contributed by atoms with van der Waals surface area (Å²) in [5.41, 5.74) is 1.75. The Hall–Kier alpha value is -2.09. The molecule has 2 nitrogen and oxygen atoms in total. The minimum atomic E-state index is -0.168. The highest BCUT2D eigenvalue weighted by atomic mass is 16.5. The Kier molecular flexibility index (Phi) is 4.23. The Balaban J connectivity index is 2.14. The number of hydrogen-bond donors (Lipinski definition) is 0. The minimum Gasteiger partial charge on any atom is -0.497 e. The van der Waals surface area contributed by atoms with Crippen molar-refractivity contribution in [2.45, 2.75) is 25.7 Å². The average Bonchev–Trinajstić information content (AvgIpc) is 2.48. The second-order valence-corrected chi connectivity index (χ2v) is 5.58. The SMILES string of the molecule is COc1ccc(C(=O)CC(C)(C)c2ccccc2)cc1. The van der Waals surface area contributed by atoms with Crippen LogP contribution in [0.15, 0.2) is 54.6 Å². The second kappa shape index (κ2) is 5.91. The van der Waals surface area contributed by atoms with Crippen LogP contribution in [-0.2, 0) is 5.41 Å². The summed E-state index contributed by atoms with van der Waals surface area (Å²) in [6.07, 6.45) is 0.489. The molecule has 0 radical (unpaired) electrons. The largest absolute Gasteiger partial charge is 0.497 e. The summed E-state index contributed by atoms with van der Waals surface area (Å²) >= 11 is 0. The zero-order valence-electron chi connectivity index (χ0n) is 12.2. The van der Waals surface area contributed by atoms with Crippen LogP contribution in [0.5, 0.6) is 5.75 Å². The molecule has 0 aromatic heterocycles. The molecule has 0 aliphatic carbocycles. The molecule has 2 aromatic carbocycles. The first kappa shape index (κ1) is 14.3. The highest BCUT2D eigenvalue weighted by Gasteiger charge is 2.24. The van der Waals surface area contributed by atoms with Crippen LogP contribution in [0.25, 0.3) is 0 Å². The summed E-state index contributed by atoms with van der Waals surface area (Å²) in [5.74, 6) is 0.922. The van der Waals surface area contributed by atoms with Crippen molar-refractivity contribution in [1.29, 1.82) is 0 Å². The molecule has 0 spiro atoms. The molecular weight excluding hydrogens is 248 g/mol. The van der Waals surface area contributed by atoms with Crippen molar-refractivity contribution in [2.75, 3.05) is 7.11 Å². The molecule has 104 valence electrons. The monoisotopic (exact) mass is 268 g/mol. The Morgan fingerprint density at radius 1 is 1.00 bits per heavy atom. The topological polar surface area (TPSA) is 26.3 Å². The normalized spacial score (nSPS) is 11.2. The van der Waals surface area contributed by atoms with Gasteiger partial charge in [0.25, 0.3) is 0 Å². The Bertz CT molecular complexity index is 568. The molecule has 0 unspecified atom stereocenters. The number of ketones is 1. The van der Waals surface area contributed by atoms with Gasteiger partial charge in [-0.2, -0.15) is 0 Å². The average molecular weight is 268 g/mol. The summed E-state index contributed by atoms with van der Waals surface area (Å²) in [6.45, 7) is 4.20. The standard InChI is InChI=1S/C18H20O2/c1-18(2,15-7-5-4-6-8-15)13-17(19)14-9-11-16(20-3)12-10-14/h4-12H,13H2,1-3H3. The predicted octanol–water partition coefficient (Wildman–Crippen LogP) is 4.25. The lowest BCUT2D eigenvalue weighted by Gasteiger charge is -2.24. The van der Waals surface area contributed by atoms with Gasteiger partial charge in [0.2, 0.25) is 0 Å². The maximum atomic E-state index is 12.4. The lowest BCUT2D eigenvalue weighted by atomic mass is 9.79. The Labute approximate surface area is 120 Å². The van der Waals surface area contributed by atoms with Gasteiger partial charge in [-0.3, -0.25) is 4.79 Å². The van der Waals surface area contributed by atoms with E-state index in [9.17, 15) is 4.79 Å². The Morgan fingerprint density at radius 3 is 2.15 bits per heavy atom. The van der Waals surface area contributed by atoms with Crippen molar-refractivity contribution in [3.8, 4) is 5.75 Å². The van der Waals surface area contributed by atoms with E-state index in [0.29, 0.717) is 6.42 Å². The van der Waals surface area contributed by atoms with Crippen molar-refractivity contribution in [1.82, 2.24) is 0 Å². The number of methoxy groups -OCH3 is 1. The Morgan fingerprint density at radius 2 is 1.60 bits per heavy atom. The lowest BCUT2D eigenvalue weighted by molar-refractivity contribution is 0.0958. The van der Waals surface area contributed by atoms with Gasteiger partial charge in [0, 0.05) is 12.0 Å². The number of carbonyl (C=O) groups excluding carboxylic acids is 1. The van der Waals surface area contributed by atoms with Crippen LogP contribution < -0.4 is 4.74 Å². The lowest BCUT2D eigenvalue weighted by Crippen LogP contribution is -2.21. The molecule has 2 rings (SSSR count). The predicted molar refractivity (Wildman–Crippen MR) is 81.4 cm³/mol. The number of rotatable bonds is 5. The zero-order valence-corrected chi connectivity index (χ0v) is 12.2. The molecule has 0 bridgehead atoms. The molecule has 0 saturated heterocycles. The van der Waals surface area contributed by atoms with E-state index in [2.05, 4.69) is 26.0 Å². The van der Waals surface area contributed by atoms with E-state index in [0.717, 1.165) is 11.3 Å². The van der Waals surface area contributed by atoms with Gasteiger partial charge in [-0.15, -0.1) is 0 Å². The fourth-order valence-corrected chi connectivity index (χ4v) is 2.27. The molecule has 2 heteroatoms. The van der Waals surface area contributed by atoms with E-state index in [1.807, 2.05) is 42.5 Å². The molecule has 0 amide bonds. The first-order valence-corrected chi connectivity index (χ1v) is 6.76. The van der Waals surface area contributed by atoms with Crippen molar-refractivity contribution in [2.24, 2.45) is 0 Å². The fraction of sp³-hybridized carbons (Fsp3) is 0.278. The molecule has 0 atom stereocenters. The summed E-state index contributed by atoms with van der Waals surface area (Å²) in [7, 11) is 1.62. The van der Waals surface area contributed by atoms with Crippen LogP contribution in [0.4, 0.5) is 0 Å². The molecule has 20 heavy (non-hydrogen) atoms. The van der Waals surface area contributed by atoms with Gasteiger partial charge < -0.3 is 4.74 Å². The van der Waals surface area contributed by atoms with Gasteiger partial charge >= 0.3 is 0 Å². The quantitative estimate of drug-likeness (QED) is 0.758. The van der Waals surface area contributed by atoms with E-state index in [1.54, 1.807) is 7.11 Å². The molecular formula is C18H20O2. The van der Waals surface area contributed by atoms with Gasteiger partial charge in [0.1, 0.15) is 5.75 Å². The maximum absolute atomic E-state index is 12.4. The number of hydrogen-bond acceptors (Lipinski definition) is 2.